The van der Waals surface area contributed by atoms with Gasteiger partial charge in [-0.25, -0.2) is 5.01 Å². The lowest BCUT2D eigenvalue weighted by atomic mass is 9.99. The summed E-state index contributed by atoms with van der Waals surface area (Å²) >= 11 is 0. The van der Waals surface area contributed by atoms with E-state index in [2.05, 4.69) is 5.43 Å². The number of hydrogen-bond donors (Lipinski definition) is 1. The zero-order chi connectivity index (χ0) is 17.5. The van der Waals surface area contributed by atoms with Crippen molar-refractivity contribution in [1.29, 1.82) is 0 Å². The zero-order valence-electron chi connectivity index (χ0n) is 12.2. The van der Waals surface area contributed by atoms with Crippen molar-refractivity contribution in [2.75, 3.05) is 6.54 Å². The average molecular weight is 339 g/mol. The standard InChI is InChI=1S/C15H12F3N3O3/c16-15(17,18)14(20-6-5-13(22)19-20)10-7-9-3-1-2-4-11(9)12(8-10)21(23)24/h1-4,7-8,14H,5-6H2,(H,19,22)/t14-/m0/s1. The Balaban J connectivity index is 2.17. The van der Waals surface area contributed by atoms with Crippen LogP contribution in [0.25, 0.3) is 10.8 Å². The fourth-order valence-electron chi connectivity index (χ4n) is 2.86. The van der Waals surface area contributed by atoms with Gasteiger partial charge in [-0.05, 0) is 23.1 Å². The van der Waals surface area contributed by atoms with Crippen molar-refractivity contribution in [1.82, 2.24) is 10.4 Å². The molecule has 0 radical (unpaired) electrons. The number of rotatable bonds is 3. The van der Waals surface area contributed by atoms with Gasteiger partial charge in [0.2, 0.25) is 5.91 Å². The van der Waals surface area contributed by atoms with E-state index in [0.29, 0.717) is 5.39 Å². The largest absolute Gasteiger partial charge is 0.409 e. The van der Waals surface area contributed by atoms with Gasteiger partial charge in [0.1, 0.15) is 6.04 Å². The zero-order valence-corrected chi connectivity index (χ0v) is 12.2. The van der Waals surface area contributed by atoms with Gasteiger partial charge in [-0.3, -0.25) is 20.3 Å². The lowest BCUT2D eigenvalue weighted by molar-refractivity contribution is -0.383. The van der Waals surface area contributed by atoms with Gasteiger partial charge >= 0.3 is 6.18 Å². The highest BCUT2D eigenvalue weighted by Gasteiger charge is 2.47. The molecule has 0 spiro atoms. The molecular formula is C15H12F3N3O3. The molecule has 0 aromatic heterocycles. The van der Waals surface area contributed by atoms with Crippen LogP contribution in [0.2, 0.25) is 0 Å². The number of alkyl halides is 3. The number of carbonyl (C=O) groups excluding carboxylic acids is 1. The van der Waals surface area contributed by atoms with E-state index in [1.54, 1.807) is 12.1 Å². The van der Waals surface area contributed by atoms with E-state index < -0.39 is 28.7 Å². The number of halogens is 3. The summed E-state index contributed by atoms with van der Waals surface area (Å²) in [6.45, 7) is -0.121. The van der Waals surface area contributed by atoms with E-state index in [9.17, 15) is 28.1 Å². The van der Waals surface area contributed by atoms with Crippen LogP contribution in [0.5, 0.6) is 0 Å². The molecule has 6 nitrogen and oxygen atoms in total. The summed E-state index contributed by atoms with van der Waals surface area (Å²) in [4.78, 5) is 21.8. The number of hydrogen-bond acceptors (Lipinski definition) is 4. The Labute approximate surface area is 134 Å². The second-order valence-electron chi connectivity index (χ2n) is 5.44. The monoisotopic (exact) mass is 339 g/mol. The molecule has 1 fully saturated rings. The molecule has 2 aromatic rings. The van der Waals surface area contributed by atoms with Gasteiger partial charge in [-0.15, -0.1) is 0 Å². The van der Waals surface area contributed by atoms with Crippen molar-refractivity contribution in [3.8, 4) is 0 Å². The van der Waals surface area contributed by atoms with Gasteiger partial charge < -0.3 is 0 Å². The van der Waals surface area contributed by atoms with Crippen LogP contribution in [0.15, 0.2) is 36.4 Å². The number of fused-ring (bicyclic) bond motifs is 1. The molecule has 1 atom stereocenters. The average Bonchev–Trinajstić information content (AvgIpc) is 2.91. The summed E-state index contributed by atoms with van der Waals surface area (Å²) in [7, 11) is 0. The maximum Gasteiger partial charge on any atom is 0.409 e. The molecule has 1 N–H and O–H groups in total. The molecule has 9 heteroatoms. The number of hydrazine groups is 1. The Morgan fingerprint density at radius 2 is 1.96 bits per heavy atom. The van der Waals surface area contributed by atoms with Crippen LogP contribution in [0.1, 0.15) is 18.0 Å². The number of nitrogens with zero attached hydrogens (tertiary/aromatic N) is 2. The topological polar surface area (TPSA) is 75.5 Å². The molecule has 24 heavy (non-hydrogen) atoms. The van der Waals surface area contributed by atoms with Crippen LogP contribution in [0.3, 0.4) is 0 Å². The summed E-state index contributed by atoms with van der Waals surface area (Å²) < 4.78 is 40.7. The van der Waals surface area contributed by atoms with Crippen molar-refractivity contribution < 1.29 is 22.9 Å². The molecule has 1 saturated heterocycles. The lowest BCUT2D eigenvalue weighted by Crippen LogP contribution is -2.43. The number of amides is 1. The van der Waals surface area contributed by atoms with Crippen LogP contribution in [0.4, 0.5) is 18.9 Å². The van der Waals surface area contributed by atoms with Crippen LogP contribution in [-0.2, 0) is 4.79 Å². The highest BCUT2D eigenvalue weighted by Crippen LogP contribution is 2.40. The van der Waals surface area contributed by atoms with Crippen LogP contribution < -0.4 is 5.43 Å². The number of nitro groups is 1. The predicted octanol–water partition coefficient (Wildman–Crippen LogP) is 3.09. The first-order valence-electron chi connectivity index (χ1n) is 7.07. The Morgan fingerprint density at radius 1 is 1.25 bits per heavy atom. The first-order chi connectivity index (χ1) is 11.3. The minimum Gasteiger partial charge on any atom is -0.288 e. The fourth-order valence-corrected chi connectivity index (χ4v) is 2.86. The van der Waals surface area contributed by atoms with Gasteiger partial charge in [0.15, 0.2) is 0 Å². The van der Waals surface area contributed by atoms with Gasteiger partial charge in [0.05, 0.1) is 10.3 Å². The summed E-state index contributed by atoms with van der Waals surface area (Å²) in [6.07, 6.45) is -4.75. The van der Waals surface area contributed by atoms with Crippen LogP contribution in [-0.4, -0.2) is 28.6 Å². The summed E-state index contributed by atoms with van der Waals surface area (Å²) in [6, 6.07) is 6.22. The third-order valence-electron chi connectivity index (χ3n) is 3.84. The third kappa shape index (κ3) is 2.90. The van der Waals surface area contributed by atoms with Gasteiger partial charge in [-0.2, -0.15) is 13.2 Å². The Morgan fingerprint density at radius 3 is 2.54 bits per heavy atom. The quantitative estimate of drug-likeness (QED) is 0.689. The van der Waals surface area contributed by atoms with Gasteiger partial charge in [-0.1, -0.05) is 18.2 Å². The maximum absolute atomic E-state index is 13.6. The normalized spacial score (nSPS) is 17.0. The van der Waals surface area contributed by atoms with Crippen LogP contribution >= 0.6 is 0 Å². The number of benzene rings is 2. The van der Waals surface area contributed by atoms with Crippen molar-refractivity contribution in [3.05, 3.63) is 52.1 Å². The minimum atomic E-state index is -4.70. The van der Waals surface area contributed by atoms with Crippen molar-refractivity contribution in [2.24, 2.45) is 0 Å². The van der Waals surface area contributed by atoms with Crippen molar-refractivity contribution in [2.45, 2.75) is 18.6 Å². The fraction of sp³-hybridized carbons (Fsp3) is 0.267. The third-order valence-corrected chi connectivity index (χ3v) is 3.84. The molecule has 2 aromatic carbocycles. The SMILES string of the molecule is O=C1CCN([C@@H](c2cc([N+](=O)[O-])c3ccccc3c2)C(F)(F)F)N1. The molecule has 1 aliphatic rings. The smallest absolute Gasteiger partial charge is 0.288 e. The number of non-ortho nitro benzene ring substituents is 1. The molecule has 0 bridgehead atoms. The number of nitrogens with one attached hydrogen (secondary N) is 1. The molecular weight excluding hydrogens is 327 g/mol. The number of carbonyl (C=O) groups is 1. The van der Waals surface area contributed by atoms with E-state index in [1.807, 2.05) is 0 Å². The molecule has 126 valence electrons. The highest BCUT2D eigenvalue weighted by atomic mass is 19.4. The summed E-state index contributed by atoms with van der Waals surface area (Å²) in [5, 5.41) is 12.6. The highest BCUT2D eigenvalue weighted by molar-refractivity contribution is 5.91. The number of nitro benzene ring substituents is 1. The molecule has 0 aliphatic carbocycles. The Kier molecular flexibility index (Phi) is 3.88. The van der Waals surface area contributed by atoms with Crippen molar-refractivity contribution in [3.63, 3.8) is 0 Å². The molecule has 1 aliphatic heterocycles. The molecule has 0 unspecified atom stereocenters. The molecule has 3 rings (SSSR count). The summed E-state index contributed by atoms with van der Waals surface area (Å²) in [5.74, 6) is -0.514. The van der Waals surface area contributed by atoms with Gasteiger partial charge in [0, 0.05) is 19.0 Å². The Bertz CT molecular complexity index is 822. The van der Waals surface area contributed by atoms with Gasteiger partial charge in [0.25, 0.3) is 5.69 Å². The van der Waals surface area contributed by atoms with E-state index in [-0.39, 0.29) is 23.9 Å². The first-order valence-corrected chi connectivity index (χ1v) is 7.07. The second kappa shape index (κ2) is 5.75. The van der Waals surface area contributed by atoms with E-state index in [4.69, 9.17) is 0 Å². The maximum atomic E-state index is 13.6. The molecule has 1 heterocycles. The van der Waals surface area contributed by atoms with Crippen molar-refractivity contribution >= 4 is 22.4 Å². The first kappa shape index (κ1) is 16.2. The summed E-state index contributed by atoms with van der Waals surface area (Å²) in [5.41, 5.74) is 1.48. The van der Waals surface area contributed by atoms with E-state index in [1.165, 1.54) is 18.2 Å². The second-order valence-corrected chi connectivity index (χ2v) is 5.44. The molecule has 1 amide bonds. The van der Waals surface area contributed by atoms with E-state index >= 15 is 0 Å². The molecule has 0 saturated carbocycles. The minimum absolute atomic E-state index is 0.0533. The Hall–Kier alpha value is -2.68. The lowest BCUT2D eigenvalue weighted by Gasteiger charge is -2.29. The van der Waals surface area contributed by atoms with Crippen LogP contribution in [0, 0.1) is 10.1 Å². The predicted molar refractivity (Wildman–Crippen MR) is 78.9 cm³/mol. The van der Waals surface area contributed by atoms with E-state index in [0.717, 1.165) is 11.1 Å².